The van der Waals surface area contributed by atoms with Gasteiger partial charge in [0.2, 0.25) is 11.8 Å². The number of aromatic nitrogens is 7. The summed E-state index contributed by atoms with van der Waals surface area (Å²) >= 11 is 0. The summed E-state index contributed by atoms with van der Waals surface area (Å²) < 4.78 is 34.4. The van der Waals surface area contributed by atoms with Gasteiger partial charge in [-0.3, -0.25) is 38.4 Å². The predicted molar refractivity (Wildman–Crippen MR) is 209 cm³/mol. The molecule has 15 nitrogen and oxygen atoms in total. The zero-order valence-electron chi connectivity index (χ0n) is 32.2. The molecule has 5 aromatic rings. The van der Waals surface area contributed by atoms with Crippen molar-refractivity contribution in [3.63, 3.8) is 0 Å². The van der Waals surface area contributed by atoms with Crippen molar-refractivity contribution in [3.8, 4) is 11.8 Å². The normalized spacial score (nSPS) is 22.0. The Morgan fingerprint density at radius 1 is 1.00 bits per heavy atom. The van der Waals surface area contributed by atoms with Crippen LogP contribution >= 0.6 is 0 Å². The number of hydrogen-bond donors (Lipinski definition) is 2. The zero-order chi connectivity index (χ0) is 40.1. The molecule has 17 heteroatoms. The number of para-hydroxylation sites is 1. The van der Waals surface area contributed by atoms with Gasteiger partial charge in [0.05, 0.1) is 41.1 Å². The fraction of sp³-hybridized carbons (Fsp3) is 0.488. The number of benzene rings is 1. The van der Waals surface area contributed by atoms with E-state index in [9.17, 15) is 28.0 Å². The highest BCUT2D eigenvalue weighted by atomic mass is 19.3. The zero-order valence-corrected chi connectivity index (χ0v) is 32.2. The molecule has 9 rings (SSSR count). The van der Waals surface area contributed by atoms with Crippen LogP contribution in [0, 0.1) is 17.8 Å². The maximum absolute atomic E-state index is 14.2. The van der Waals surface area contributed by atoms with Gasteiger partial charge in [0.1, 0.15) is 11.6 Å². The lowest BCUT2D eigenvalue weighted by Gasteiger charge is -2.37. The summed E-state index contributed by atoms with van der Waals surface area (Å²) in [4.78, 5) is 60.3. The van der Waals surface area contributed by atoms with Gasteiger partial charge in [0.25, 0.3) is 12.3 Å². The van der Waals surface area contributed by atoms with Crippen molar-refractivity contribution in [1.82, 2.24) is 48.6 Å². The number of nitrogens with zero attached hydrogens (tertiary/aromatic N) is 9. The molecule has 1 unspecified atom stereocenters. The average molecular weight is 794 g/mol. The third kappa shape index (κ3) is 7.42. The van der Waals surface area contributed by atoms with Crippen molar-refractivity contribution < 1.29 is 23.2 Å². The third-order valence-electron chi connectivity index (χ3n) is 12.2. The second-order valence-corrected chi connectivity index (χ2v) is 16.0. The largest absolute Gasteiger partial charge is 0.329 e. The van der Waals surface area contributed by atoms with E-state index < -0.39 is 30.0 Å². The van der Waals surface area contributed by atoms with Gasteiger partial charge in [-0.2, -0.15) is 10.2 Å². The van der Waals surface area contributed by atoms with Crippen molar-refractivity contribution in [2.75, 3.05) is 44.6 Å². The first-order chi connectivity index (χ1) is 28.1. The van der Waals surface area contributed by atoms with E-state index in [1.54, 1.807) is 24.1 Å². The van der Waals surface area contributed by atoms with E-state index in [2.05, 4.69) is 47.5 Å². The molecule has 58 heavy (non-hydrogen) atoms. The van der Waals surface area contributed by atoms with E-state index in [1.807, 2.05) is 24.3 Å². The molecule has 1 atom stereocenters. The molecule has 3 amide bonds. The van der Waals surface area contributed by atoms with E-state index >= 15 is 0 Å². The lowest BCUT2D eigenvalue weighted by molar-refractivity contribution is -0.135. The second kappa shape index (κ2) is 15.6. The molecule has 4 fully saturated rings. The van der Waals surface area contributed by atoms with Crippen LogP contribution in [0.2, 0.25) is 0 Å². The summed E-state index contributed by atoms with van der Waals surface area (Å²) in [7, 11) is 1.68. The SMILES string of the molecule is Cn1c(=O)n(C2CCC(=O)NC2=O)c2cccc(C#CCN3CCN(CC4CCC(n5cc(NC(=O)c6cnn7ccc(C8CC8)nc67)c(C(F)F)n5)CC4)CC3)c21. The molecule has 2 saturated carbocycles. The number of amides is 3. The standard InChI is InChI=1S/C41H45F2N11O4/c1-49-36-27(4-2-6-32(36)54(41(49)58)33-13-14-34(55)47-40(33)57)5-3-16-50-18-20-51(21-19-50)23-25-7-11-28(12-8-25)53-24-31(35(48-53)37(42)43)46-39(56)29-22-44-52-17-15-30(26-9-10-26)45-38(29)52/h2,4,6,15,17,22,24-26,28,33,37H,7-14,16,18-21,23H2,1H3,(H,46,56)(H,47,55,57). The Morgan fingerprint density at radius 2 is 1.78 bits per heavy atom. The average Bonchev–Trinajstić information content (AvgIpc) is 3.76. The van der Waals surface area contributed by atoms with E-state index in [1.165, 1.54) is 19.8 Å². The van der Waals surface area contributed by atoms with Gasteiger partial charge in [-0.1, -0.05) is 17.9 Å². The van der Waals surface area contributed by atoms with Gasteiger partial charge in [-0.25, -0.2) is 23.1 Å². The Bertz CT molecular complexity index is 2520. The van der Waals surface area contributed by atoms with Gasteiger partial charge in [-0.15, -0.1) is 0 Å². The highest BCUT2D eigenvalue weighted by Crippen LogP contribution is 2.39. The molecule has 302 valence electrons. The molecule has 2 aliphatic carbocycles. The Hall–Kier alpha value is -5.73. The van der Waals surface area contributed by atoms with E-state index in [0.29, 0.717) is 40.6 Å². The van der Waals surface area contributed by atoms with Crippen LogP contribution in [0.25, 0.3) is 16.7 Å². The number of nitrogens with one attached hydrogen (secondary N) is 2. The number of halogens is 2. The van der Waals surface area contributed by atoms with Crippen LogP contribution in [0.1, 0.15) is 103 Å². The summed E-state index contributed by atoms with van der Waals surface area (Å²) in [6.45, 7) is 5.16. The number of carbonyl (C=O) groups is 3. The highest BCUT2D eigenvalue weighted by Gasteiger charge is 2.33. The van der Waals surface area contributed by atoms with Gasteiger partial charge in [0.15, 0.2) is 11.3 Å². The first kappa shape index (κ1) is 37.8. The lowest BCUT2D eigenvalue weighted by atomic mass is 9.85. The number of anilines is 1. The van der Waals surface area contributed by atoms with Crippen LogP contribution in [0.15, 0.2) is 47.7 Å². The van der Waals surface area contributed by atoms with Crippen LogP contribution in [0.3, 0.4) is 0 Å². The molecule has 6 heterocycles. The molecule has 2 N–H and O–H groups in total. The Morgan fingerprint density at radius 3 is 2.52 bits per heavy atom. The lowest BCUT2D eigenvalue weighted by Crippen LogP contribution is -2.48. The molecule has 0 spiro atoms. The second-order valence-electron chi connectivity index (χ2n) is 16.0. The Kier molecular flexibility index (Phi) is 10.1. The molecule has 4 aromatic heterocycles. The Balaban J connectivity index is 0.769. The van der Waals surface area contributed by atoms with Gasteiger partial charge in [-0.05, 0) is 69.1 Å². The maximum atomic E-state index is 14.2. The summed E-state index contributed by atoms with van der Waals surface area (Å²) in [5.41, 5.74) is 2.79. The third-order valence-corrected chi connectivity index (χ3v) is 12.2. The fourth-order valence-corrected chi connectivity index (χ4v) is 8.79. The summed E-state index contributed by atoms with van der Waals surface area (Å²) in [5.74, 6) is 6.11. The molecule has 0 radical (unpaired) electrons. The van der Waals surface area contributed by atoms with Crippen LogP contribution in [-0.4, -0.2) is 100 Å². The van der Waals surface area contributed by atoms with Crippen molar-refractivity contribution in [2.24, 2.45) is 13.0 Å². The van der Waals surface area contributed by atoms with Gasteiger partial charge < -0.3 is 10.2 Å². The summed E-state index contributed by atoms with van der Waals surface area (Å²) in [6.07, 6.45) is 8.01. The maximum Gasteiger partial charge on any atom is 0.329 e. The van der Waals surface area contributed by atoms with Crippen LogP contribution in [0.4, 0.5) is 14.5 Å². The quantitative estimate of drug-likeness (QED) is 0.166. The number of piperidine rings is 1. The molecule has 0 bridgehead atoms. The smallest absolute Gasteiger partial charge is 0.319 e. The monoisotopic (exact) mass is 793 g/mol. The predicted octanol–water partition coefficient (Wildman–Crippen LogP) is 4.02. The van der Waals surface area contributed by atoms with E-state index in [4.69, 9.17) is 0 Å². The summed E-state index contributed by atoms with van der Waals surface area (Å²) in [5, 5.41) is 13.5. The molecule has 2 saturated heterocycles. The van der Waals surface area contributed by atoms with Gasteiger partial charge in [0, 0.05) is 70.2 Å². The minimum absolute atomic E-state index is 0.00826. The van der Waals surface area contributed by atoms with Crippen molar-refractivity contribution in [1.29, 1.82) is 0 Å². The molecule has 2 aliphatic heterocycles. The number of imide groups is 1. The van der Waals surface area contributed by atoms with E-state index in [-0.39, 0.29) is 41.7 Å². The van der Waals surface area contributed by atoms with Crippen molar-refractivity contribution in [2.45, 2.75) is 75.8 Å². The molecule has 4 aliphatic rings. The first-order valence-corrected chi connectivity index (χ1v) is 20.1. The Labute approximate surface area is 332 Å². The number of hydrogen-bond acceptors (Lipinski definition) is 9. The number of piperazine rings is 1. The van der Waals surface area contributed by atoms with Crippen molar-refractivity contribution >= 4 is 40.1 Å². The number of carbonyl (C=O) groups excluding carboxylic acids is 3. The number of alkyl halides is 2. The number of rotatable bonds is 9. The highest BCUT2D eigenvalue weighted by molar-refractivity contribution is 6.08. The van der Waals surface area contributed by atoms with E-state index in [0.717, 1.165) is 76.9 Å². The number of imidazole rings is 1. The molecule has 1 aromatic carbocycles. The topological polar surface area (TPSA) is 157 Å². The number of fused-ring (bicyclic) bond motifs is 2. The minimum Gasteiger partial charge on any atom is -0.319 e. The molecular formula is C41H45F2N11O4. The minimum atomic E-state index is -2.84. The van der Waals surface area contributed by atoms with Crippen LogP contribution < -0.4 is 16.3 Å². The number of aryl methyl sites for hydroxylation is 1. The van der Waals surface area contributed by atoms with Crippen molar-refractivity contribution in [3.05, 3.63) is 75.9 Å². The van der Waals surface area contributed by atoms with Crippen LogP contribution in [-0.2, 0) is 16.6 Å². The fourth-order valence-electron chi connectivity index (χ4n) is 8.79. The molecular weight excluding hydrogens is 749 g/mol. The van der Waals surface area contributed by atoms with Gasteiger partial charge >= 0.3 is 5.69 Å². The van der Waals surface area contributed by atoms with Crippen LogP contribution in [0.5, 0.6) is 0 Å². The first-order valence-electron chi connectivity index (χ1n) is 20.1. The summed E-state index contributed by atoms with van der Waals surface area (Å²) in [6, 6.07) is 6.65.